The Labute approximate surface area is 95.9 Å². The second kappa shape index (κ2) is 7.30. The van der Waals surface area contributed by atoms with Gasteiger partial charge in [-0.1, -0.05) is 54.7 Å². The van der Waals surface area contributed by atoms with Crippen LogP contribution in [0.15, 0.2) is 29.4 Å². The van der Waals surface area contributed by atoms with Gasteiger partial charge in [0.2, 0.25) is 0 Å². The van der Waals surface area contributed by atoms with E-state index < -0.39 is 0 Å². The molecule has 0 bridgehead atoms. The van der Waals surface area contributed by atoms with Crippen molar-refractivity contribution in [2.24, 2.45) is 5.16 Å². The summed E-state index contributed by atoms with van der Waals surface area (Å²) in [4.78, 5) is 5.11. The second-order valence-electron chi connectivity index (χ2n) is 3.30. The number of halogens is 1. The molecule has 3 heteroatoms. The minimum Gasteiger partial charge on any atom is -0.396 e. The average molecular weight is 226 g/mol. The van der Waals surface area contributed by atoms with Gasteiger partial charge < -0.3 is 4.84 Å². The number of oxime groups is 1. The van der Waals surface area contributed by atoms with E-state index >= 15 is 0 Å². The van der Waals surface area contributed by atoms with Gasteiger partial charge in [0.1, 0.15) is 6.61 Å². The van der Waals surface area contributed by atoms with Crippen LogP contribution in [0, 0.1) is 0 Å². The van der Waals surface area contributed by atoms with Crippen LogP contribution in [0.3, 0.4) is 0 Å². The van der Waals surface area contributed by atoms with Crippen molar-refractivity contribution in [3.63, 3.8) is 0 Å². The van der Waals surface area contributed by atoms with E-state index in [9.17, 15) is 0 Å². The van der Waals surface area contributed by atoms with Gasteiger partial charge in [-0.3, -0.25) is 0 Å². The Bertz CT molecular complexity index is 312. The maximum Gasteiger partial charge on any atom is 0.117 e. The first-order chi connectivity index (χ1) is 7.34. The quantitative estimate of drug-likeness (QED) is 0.409. The topological polar surface area (TPSA) is 21.6 Å². The van der Waals surface area contributed by atoms with Crippen LogP contribution in [0.2, 0.25) is 5.02 Å². The number of unbranched alkanes of at least 4 members (excludes halogenated alkanes) is 2. The first-order valence-corrected chi connectivity index (χ1v) is 5.62. The summed E-state index contributed by atoms with van der Waals surface area (Å²) in [5.74, 6) is 0. The molecule has 0 aliphatic rings. The van der Waals surface area contributed by atoms with Crippen LogP contribution < -0.4 is 0 Å². The van der Waals surface area contributed by atoms with Gasteiger partial charge in [0.15, 0.2) is 0 Å². The lowest BCUT2D eigenvalue weighted by molar-refractivity contribution is 0.141. The fraction of sp³-hybridized carbons (Fsp3) is 0.417. The summed E-state index contributed by atoms with van der Waals surface area (Å²) in [6.45, 7) is 2.84. The lowest BCUT2D eigenvalue weighted by Gasteiger charge is -1.98. The Hall–Kier alpha value is -1.02. The predicted octanol–water partition coefficient (Wildman–Crippen LogP) is 3.88. The fourth-order valence-electron chi connectivity index (χ4n) is 1.14. The molecule has 0 N–H and O–H groups in total. The fourth-order valence-corrected chi connectivity index (χ4v) is 1.33. The van der Waals surface area contributed by atoms with Crippen molar-refractivity contribution in [3.8, 4) is 0 Å². The summed E-state index contributed by atoms with van der Waals surface area (Å²) >= 11 is 5.94. The molecule has 0 fully saturated rings. The van der Waals surface area contributed by atoms with Crippen LogP contribution in [0.25, 0.3) is 0 Å². The lowest BCUT2D eigenvalue weighted by atomic mass is 10.2. The molecular formula is C12H16ClNO. The van der Waals surface area contributed by atoms with Gasteiger partial charge in [-0.2, -0.15) is 0 Å². The molecular weight excluding hydrogens is 210 g/mol. The Kier molecular flexibility index (Phi) is 5.86. The molecule has 0 unspecified atom stereocenters. The van der Waals surface area contributed by atoms with Crippen LogP contribution >= 0.6 is 11.6 Å². The van der Waals surface area contributed by atoms with Crippen molar-refractivity contribution >= 4 is 17.8 Å². The van der Waals surface area contributed by atoms with Gasteiger partial charge in [-0.15, -0.1) is 0 Å². The molecule has 15 heavy (non-hydrogen) atoms. The van der Waals surface area contributed by atoms with Crippen LogP contribution in [0.5, 0.6) is 0 Å². The van der Waals surface area contributed by atoms with E-state index in [0.717, 1.165) is 12.0 Å². The number of rotatable bonds is 6. The van der Waals surface area contributed by atoms with E-state index in [0.29, 0.717) is 11.6 Å². The Morgan fingerprint density at radius 3 is 2.87 bits per heavy atom. The van der Waals surface area contributed by atoms with Crippen molar-refractivity contribution in [2.75, 3.05) is 6.61 Å². The summed E-state index contributed by atoms with van der Waals surface area (Å²) in [6.07, 6.45) is 5.07. The van der Waals surface area contributed by atoms with E-state index in [1.165, 1.54) is 12.8 Å². The van der Waals surface area contributed by atoms with Gasteiger partial charge >= 0.3 is 0 Å². The molecule has 0 radical (unpaired) electrons. The third-order valence-electron chi connectivity index (χ3n) is 2.01. The molecule has 1 rings (SSSR count). The molecule has 0 amide bonds. The summed E-state index contributed by atoms with van der Waals surface area (Å²) in [5, 5.41) is 4.56. The monoisotopic (exact) mass is 225 g/mol. The summed E-state index contributed by atoms with van der Waals surface area (Å²) in [5.41, 5.74) is 0.884. The number of hydrogen-bond acceptors (Lipinski definition) is 2. The standard InChI is InChI=1S/C12H16ClNO/c1-2-3-6-9-15-14-10-11-7-4-5-8-12(11)13/h4-5,7-8,10H,2-3,6,9H2,1H3. The maximum atomic E-state index is 5.94. The zero-order valence-electron chi connectivity index (χ0n) is 8.95. The molecule has 0 heterocycles. The van der Waals surface area contributed by atoms with Crippen molar-refractivity contribution in [1.29, 1.82) is 0 Å². The van der Waals surface area contributed by atoms with E-state index in [2.05, 4.69) is 12.1 Å². The van der Waals surface area contributed by atoms with Crippen molar-refractivity contribution in [1.82, 2.24) is 0 Å². The van der Waals surface area contributed by atoms with Crippen molar-refractivity contribution < 1.29 is 4.84 Å². The van der Waals surface area contributed by atoms with E-state index in [4.69, 9.17) is 16.4 Å². The highest BCUT2D eigenvalue weighted by Gasteiger charge is 1.93. The summed E-state index contributed by atoms with van der Waals surface area (Å²) < 4.78 is 0. The largest absolute Gasteiger partial charge is 0.396 e. The minimum absolute atomic E-state index is 0.675. The lowest BCUT2D eigenvalue weighted by Crippen LogP contribution is -1.89. The molecule has 0 saturated heterocycles. The highest BCUT2D eigenvalue weighted by Crippen LogP contribution is 2.12. The van der Waals surface area contributed by atoms with Gasteiger partial charge in [0, 0.05) is 10.6 Å². The smallest absolute Gasteiger partial charge is 0.117 e. The van der Waals surface area contributed by atoms with E-state index in [-0.39, 0.29) is 0 Å². The predicted molar refractivity (Wildman–Crippen MR) is 64.5 cm³/mol. The van der Waals surface area contributed by atoms with Crippen LogP contribution in [-0.2, 0) is 4.84 Å². The first-order valence-electron chi connectivity index (χ1n) is 5.24. The molecule has 0 aliphatic carbocycles. The molecule has 0 aromatic heterocycles. The second-order valence-corrected chi connectivity index (χ2v) is 3.70. The van der Waals surface area contributed by atoms with Gasteiger partial charge in [0.05, 0.1) is 6.21 Å². The van der Waals surface area contributed by atoms with Gasteiger partial charge in [-0.25, -0.2) is 0 Å². The molecule has 0 aliphatic heterocycles. The normalized spacial score (nSPS) is 10.8. The average Bonchev–Trinajstić information content (AvgIpc) is 2.25. The third-order valence-corrected chi connectivity index (χ3v) is 2.35. The molecule has 1 aromatic carbocycles. The Morgan fingerprint density at radius 1 is 1.33 bits per heavy atom. The number of hydrogen-bond donors (Lipinski definition) is 0. The molecule has 0 saturated carbocycles. The summed E-state index contributed by atoms with van der Waals surface area (Å²) in [6, 6.07) is 7.55. The number of nitrogens with zero attached hydrogens (tertiary/aromatic N) is 1. The van der Waals surface area contributed by atoms with Crippen molar-refractivity contribution in [3.05, 3.63) is 34.9 Å². The third kappa shape index (κ3) is 4.84. The zero-order chi connectivity index (χ0) is 10.9. The Balaban J connectivity index is 2.29. The molecule has 2 nitrogen and oxygen atoms in total. The molecule has 82 valence electrons. The van der Waals surface area contributed by atoms with Crippen molar-refractivity contribution in [2.45, 2.75) is 26.2 Å². The first kappa shape index (κ1) is 12.1. The van der Waals surface area contributed by atoms with Gasteiger partial charge in [0.25, 0.3) is 0 Å². The van der Waals surface area contributed by atoms with Gasteiger partial charge in [-0.05, 0) is 12.5 Å². The highest BCUT2D eigenvalue weighted by molar-refractivity contribution is 6.33. The maximum absolute atomic E-state index is 5.94. The zero-order valence-corrected chi connectivity index (χ0v) is 9.70. The van der Waals surface area contributed by atoms with Crippen LogP contribution in [0.1, 0.15) is 31.7 Å². The highest BCUT2D eigenvalue weighted by atomic mass is 35.5. The molecule has 1 aromatic rings. The van der Waals surface area contributed by atoms with E-state index in [1.807, 2.05) is 24.3 Å². The van der Waals surface area contributed by atoms with Crippen LogP contribution in [0.4, 0.5) is 0 Å². The SMILES string of the molecule is CCCCCON=Cc1ccccc1Cl. The van der Waals surface area contributed by atoms with Crippen LogP contribution in [-0.4, -0.2) is 12.8 Å². The molecule has 0 spiro atoms. The molecule has 0 atom stereocenters. The Morgan fingerprint density at radius 2 is 2.13 bits per heavy atom. The minimum atomic E-state index is 0.675. The van der Waals surface area contributed by atoms with E-state index in [1.54, 1.807) is 6.21 Å². The number of benzene rings is 1. The summed E-state index contributed by atoms with van der Waals surface area (Å²) in [7, 11) is 0.